The van der Waals surface area contributed by atoms with E-state index in [1.807, 2.05) is 6.07 Å². The van der Waals surface area contributed by atoms with Gasteiger partial charge >= 0.3 is 0 Å². The Morgan fingerprint density at radius 1 is 1.41 bits per heavy atom. The molecule has 22 heavy (non-hydrogen) atoms. The zero-order valence-corrected chi connectivity index (χ0v) is 13.5. The largest absolute Gasteiger partial charge is 0.469 e. The van der Waals surface area contributed by atoms with Gasteiger partial charge in [-0.15, -0.1) is 0 Å². The monoisotopic (exact) mass is 323 g/mol. The maximum absolute atomic E-state index is 12.6. The van der Waals surface area contributed by atoms with Crippen molar-refractivity contribution in [2.75, 3.05) is 6.54 Å². The summed E-state index contributed by atoms with van der Waals surface area (Å²) in [4.78, 5) is 0.321. The molecule has 0 atom stereocenters. The molecule has 1 N–H and O–H groups in total. The summed E-state index contributed by atoms with van der Waals surface area (Å²) in [6, 6.07) is 3.63. The molecular formula is C15H21N3O3S. The maximum atomic E-state index is 12.6. The van der Waals surface area contributed by atoms with Crippen LogP contribution in [0.25, 0.3) is 0 Å². The molecule has 0 bridgehead atoms. The summed E-state index contributed by atoms with van der Waals surface area (Å²) >= 11 is 0. The number of sulfonamides is 1. The summed E-state index contributed by atoms with van der Waals surface area (Å²) < 4.78 is 34.6. The van der Waals surface area contributed by atoms with Crippen molar-refractivity contribution in [1.29, 1.82) is 0 Å². The minimum Gasteiger partial charge on any atom is -0.469 e. The van der Waals surface area contributed by atoms with Gasteiger partial charge in [-0.3, -0.25) is 4.68 Å². The first-order valence-electron chi connectivity index (χ1n) is 7.62. The Morgan fingerprint density at radius 2 is 2.18 bits per heavy atom. The first-order chi connectivity index (χ1) is 10.6. The molecule has 3 rings (SSSR count). The number of aromatic nitrogens is 2. The molecule has 2 aromatic rings. The minimum atomic E-state index is -3.54. The number of nitrogens with one attached hydrogen (secondary N) is 1. The lowest BCUT2D eigenvalue weighted by Crippen LogP contribution is -2.26. The van der Waals surface area contributed by atoms with E-state index >= 15 is 0 Å². The number of aryl methyl sites for hydroxylation is 1. The van der Waals surface area contributed by atoms with Crippen molar-refractivity contribution in [2.24, 2.45) is 7.05 Å². The van der Waals surface area contributed by atoms with Gasteiger partial charge in [0.15, 0.2) is 0 Å². The molecule has 7 heteroatoms. The Labute approximate surface area is 130 Å². The predicted molar refractivity (Wildman–Crippen MR) is 82.0 cm³/mol. The van der Waals surface area contributed by atoms with Gasteiger partial charge in [0.05, 0.1) is 12.0 Å². The summed E-state index contributed by atoms with van der Waals surface area (Å²) in [7, 11) is -1.77. The number of hydrogen-bond donors (Lipinski definition) is 1. The van der Waals surface area contributed by atoms with Crippen LogP contribution in [0, 0.1) is 0 Å². The topological polar surface area (TPSA) is 77.1 Å². The Balaban J connectivity index is 1.73. The Hall–Kier alpha value is -1.60. The van der Waals surface area contributed by atoms with Crippen LogP contribution in [0.1, 0.15) is 43.1 Å². The van der Waals surface area contributed by atoms with Crippen LogP contribution in [0.15, 0.2) is 33.9 Å². The Kier molecular flexibility index (Phi) is 4.35. The summed E-state index contributed by atoms with van der Waals surface area (Å²) in [5.41, 5.74) is 0.713. The lowest BCUT2D eigenvalue weighted by Gasteiger charge is -2.10. The molecule has 0 spiro atoms. The summed E-state index contributed by atoms with van der Waals surface area (Å²) in [5.74, 6) is 1.03. The first kappa shape index (κ1) is 15.3. The SMILES string of the molecule is Cn1cc(S(=O)(=O)NCCc2ccco2)c(C2CCCC2)n1. The summed E-state index contributed by atoms with van der Waals surface area (Å²) in [5, 5.41) is 4.40. The van der Waals surface area contributed by atoms with Crippen LogP contribution in [-0.4, -0.2) is 24.7 Å². The molecule has 120 valence electrons. The smallest absolute Gasteiger partial charge is 0.243 e. The van der Waals surface area contributed by atoms with Gasteiger partial charge in [-0.05, 0) is 25.0 Å². The van der Waals surface area contributed by atoms with Crippen molar-refractivity contribution in [3.05, 3.63) is 36.0 Å². The lowest BCUT2D eigenvalue weighted by molar-refractivity contribution is 0.505. The van der Waals surface area contributed by atoms with E-state index in [0.717, 1.165) is 31.4 Å². The average Bonchev–Trinajstić information content (AvgIpc) is 3.18. The van der Waals surface area contributed by atoms with E-state index in [4.69, 9.17) is 4.42 Å². The van der Waals surface area contributed by atoms with E-state index in [0.29, 0.717) is 23.6 Å². The Morgan fingerprint density at radius 3 is 2.86 bits per heavy atom. The highest BCUT2D eigenvalue weighted by atomic mass is 32.2. The normalized spacial score (nSPS) is 16.4. The average molecular weight is 323 g/mol. The third-order valence-electron chi connectivity index (χ3n) is 4.10. The molecule has 0 amide bonds. The molecule has 0 radical (unpaired) electrons. The highest BCUT2D eigenvalue weighted by Crippen LogP contribution is 2.36. The molecule has 1 aliphatic carbocycles. The molecule has 6 nitrogen and oxygen atoms in total. The number of furan rings is 1. The van der Waals surface area contributed by atoms with Gasteiger partial charge in [0, 0.05) is 32.1 Å². The van der Waals surface area contributed by atoms with Crippen LogP contribution < -0.4 is 4.72 Å². The third-order valence-corrected chi connectivity index (χ3v) is 5.57. The van der Waals surface area contributed by atoms with Crippen LogP contribution in [0.5, 0.6) is 0 Å². The van der Waals surface area contributed by atoms with Gasteiger partial charge in [-0.2, -0.15) is 5.10 Å². The minimum absolute atomic E-state index is 0.262. The van der Waals surface area contributed by atoms with E-state index in [1.54, 1.807) is 30.3 Å². The second-order valence-corrected chi connectivity index (χ2v) is 7.50. The second-order valence-electron chi connectivity index (χ2n) is 5.76. The van der Waals surface area contributed by atoms with Crippen molar-refractivity contribution in [3.8, 4) is 0 Å². The van der Waals surface area contributed by atoms with Gasteiger partial charge in [0.1, 0.15) is 10.7 Å². The number of nitrogens with zero attached hydrogens (tertiary/aromatic N) is 2. The summed E-state index contributed by atoms with van der Waals surface area (Å²) in [6.07, 6.45) is 8.05. The first-order valence-corrected chi connectivity index (χ1v) is 9.10. The fraction of sp³-hybridized carbons (Fsp3) is 0.533. The molecule has 1 saturated carbocycles. The maximum Gasteiger partial charge on any atom is 0.243 e. The molecule has 0 saturated heterocycles. The van der Waals surface area contributed by atoms with Crippen LogP contribution in [-0.2, 0) is 23.5 Å². The molecule has 2 aromatic heterocycles. The zero-order valence-electron chi connectivity index (χ0n) is 12.7. The van der Waals surface area contributed by atoms with Gasteiger partial charge in [0.2, 0.25) is 10.0 Å². The van der Waals surface area contributed by atoms with Gasteiger partial charge in [-0.1, -0.05) is 12.8 Å². The molecule has 2 heterocycles. The highest BCUT2D eigenvalue weighted by molar-refractivity contribution is 7.89. The molecule has 0 aromatic carbocycles. The van der Waals surface area contributed by atoms with Crippen molar-refractivity contribution >= 4 is 10.0 Å². The van der Waals surface area contributed by atoms with Crippen LogP contribution >= 0.6 is 0 Å². The molecular weight excluding hydrogens is 302 g/mol. The Bertz CT molecular complexity index is 713. The fourth-order valence-electron chi connectivity index (χ4n) is 3.01. The summed E-state index contributed by atoms with van der Waals surface area (Å²) in [6.45, 7) is 0.314. The van der Waals surface area contributed by atoms with Crippen molar-refractivity contribution in [2.45, 2.75) is 42.9 Å². The standard InChI is InChI=1S/C15H21N3O3S/c1-18-11-14(15(17-18)12-5-2-3-6-12)22(19,20)16-9-8-13-7-4-10-21-13/h4,7,10-12,16H,2-3,5-6,8-9H2,1H3. The van der Waals surface area contributed by atoms with Crippen LogP contribution in [0.3, 0.4) is 0 Å². The van der Waals surface area contributed by atoms with Crippen molar-refractivity contribution in [3.63, 3.8) is 0 Å². The second kappa shape index (κ2) is 6.26. The van der Waals surface area contributed by atoms with E-state index < -0.39 is 10.0 Å². The molecule has 1 fully saturated rings. The van der Waals surface area contributed by atoms with Gasteiger partial charge < -0.3 is 4.42 Å². The zero-order chi connectivity index (χ0) is 15.6. The number of hydrogen-bond acceptors (Lipinski definition) is 4. The predicted octanol–water partition coefficient (Wildman–Crippen LogP) is 2.19. The fourth-order valence-corrected chi connectivity index (χ4v) is 4.31. The quantitative estimate of drug-likeness (QED) is 0.884. The van der Waals surface area contributed by atoms with Crippen molar-refractivity contribution in [1.82, 2.24) is 14.5 Å². The van der Waals surface area contributed by atoms with E-state index in [-0.39, 0.29) is 5.92 Å². The highest BCUT2D eigenvalue weighted by Gasteiger charge is 2.29. The van der Waals surface area contributed by atoms with E-state index in [9.17, 15) is 8.42 Å². The molecule has 0 aliphatic heterocycles. The molecule has 0 unspecified atom stereocenters. The van der Waals surface area contributed by atoms with Crippen LogP contribution in [0.2, 0.25) is 0 Å². The third kappa shape index (κ3) is 3.25. The van der Waals surface area contributed by atoms with Gasteiger partial charge in [-0.25, -0.2) is 13.1 Å². The lowest BCUT2D eigenvalue weighted by atomic mass is 10.1. The van der Waals surface area contributed by atoms with Crippen LogP contribution in [0.4, 0.5) is 0 Å². The number of rotatable bonds is 6. The van der Waals surface area contributed by atoms with E-state index in [1.165, 1.54) is 0 Å². The molecule has 1 aliphatic rings. The van der Waals surface area contributed by atoms with Crippen molar-refractivity contribution < 1.29 is 12.8 Å². The van der Waals surface area contributed by atoms with E-state index in [2.05, 4.69) is 9.82 Å². The van der Waals surface area contributed by atoms with Gasteiger partial charge in [0.25, 0.3) is 0 Å².